The molecule has 0 bridgehead atoms. The number of aryl methyl sites for hydroxylation is 1. The fourth-order valence-corrected chi connectivity index (χ4v) is 1.58. The Balaban J connectivity index is 2.16. The Labute approximate surface area is 103 Å². The zero-order chi connectivity index (χ0) is 13.1. The molecule has 94 valence electrons. The van der Waals surface area contributed by atoms with Gasteiger partial charge in [0.15, 0.2) is 0 Å². The molecule has 0 saturated carbocycles. The van der Waals surface area contributed by atoms with E-state index < -0.39 is 5.97 Å². The Morgan fingerprint density at radius 3 is 2.89 bits per heavy atom. The first-order chi connectivity index (χ1) is 8.56. The number of hydrogen-bond acceptors (Lipinski definition) is 5. The average Bonchev–Trinajstić information content (AvgIpc) is 2.73. The van der Waals surface area contributed by atoms with Gasteiger partial charge in [0.25, 0.3) is 0 Å². The molecule has 0 fully saturated rings. The summed E-state index contributed by atoms with van der Waals surface area (Å²) in [6.07, 6.45) is 0. The lowest BCUT2D eigenvalue weighted by molar-refractivity contribution is 0.0698. The van der Waals surface area contributed by atoms with E-state index in [2.05, 4.69) is 10.5 Å². The van der Waals surface area contributed by atoms with Crippen LogP contribution >= 0.6 is 0 Å². The van der Waals surface area contributed by atoms with Gasteiger partial charge < -0.3 is 20.7 Å². The minimum atomic E-state index is -1.03. The Bertz CT molecular complexity index is 578. The lowest BCUT2D eigenvalue weighted by Crippen LogP contribution is -2.07. The molecule has 0 atom stereocenters. The third kappa shape index (κ3) is 2.60. The largest absolute Gasteiger partial charge is 0.478 e. The molecule has 0 aliphatic heterocycles. The summed E-state index contributed by atoms with van der Waals surface area (Å²) in [4.78, 5) is 11.1. The van der Waals surface area contributed by atoms with Gasteiger partial charge >= 0.3 is 5.97 Å². The van der Waals surface area contributed by atoms with Crippen LogP contribution in [0.4, 0.5) is 11.4 Å². The van der Waals surface area contributed by atoms with Crippen LogP contribution < -0.4 is 11.1 Å². The molecule has 6 nitrogen and oxygen atoms in total. The molecule has 1 aromatic heterocycles. The van der Waals surface area contributed by atoms with Gasteiger partial charge in [-0.1, -0.05) is 5.16 Å². The molecule has 1 heterocycles. The average molecular weight is 247 g/mol. The maximum absolute atomic E-state index is 11.1. The van der Waals surface area contributed by atoms with Crippen molar-refractivity contribution >= 4 is 17.3 Å². The van der Waals surface area contributed by atoms with Gasteiger partial charge in [-0.2, -0.15) is 0 Å². The molecule has 6 heteroatoms. The number of nitrogens with one attached hydrogen (secondary N) is 1. The monoisotopic (exact) mass is 247 g/mol. The number of nitrogens with two attached hydrogens (primary N) is 1. The van der Waals surface area contributed by atoms with E-state index >= 15 is 0 Å². The van der Waals surface area contributed by atoms with Gasteiger partial charge in [0.1, 0.15) is 11.5 Å². The number of aromatic nitrogens is 1. The van der Waals surface area contributed by atoms with Crippen LogP contribution in [0.25, 0.3) is 0 Å². The van der Waals surface area contributed by atoms with Crippen molar-refractivity contribution < 1.29 is 14.4 Å². The van der Waals surface area contributed by atoms with Gasteiger partial charge in [-0.3, -0.25) is 0 Å². The highest BCUT2D eigenvalue weighted by molar-refractivity contribution is 5.95. The fourth-order valence-electron chi connectivity index (χ4n) is 1.58. The van der Waals surface area contributed by atoms with Crippen molar-refractivity contribution in [3.63, 3.8) is 0 Å². The maximum Gasteiger partial charge on any atom is 0.337 e. The second-order valence-electron chi connectivity index (χ2n) is 3.89. The number of nitrogens with zero attached hydrogens (tertiary/aromatic N) is 1. The fraction of sp³-hybridized carbons (Fsp3) is 0.167. The Hall–Kier alpha value is -2.50. The van der Waals surface area contributed by atoms with Gasteiger partial charge in [-0.25, -0.2) is 4.79 Å². The third-order valence-corrected chi connectivity index (χ3v) is 2.41. The van der Waals surface area contributed by atoms with Crippen LogP contribution in [0.5, 0.6) is 0 Å². The summed E-state index contributed by atoms with van der Waals surface area (Å²) in [5.74, 6) is -0.316. The zero-order valence-corrected chi connectivity index (χ0v) is 9.80. The van der Waals surface area contributed by atoms with Crippen molar-refractivity contribution in [2.24, 2.45) is 0 Å². The summed E-state index contributed by atoms with van der Waals surface area (Å²) in [6, 6.07) is 6.47. The highest BCUT2D eigenvalue weighted by Crippen LogP contribution is 2.19. The van der Waals surface area contributed by atoms with Crippen molar-refractivity contribution in [1.29, 1.82) is 0 Å². The molecule has 0 amide bonds. The molecule has 18 heavy (non-hydrogen) atoms. The zero-order valence-electron chi connectivity index (χ0n) is 9.80. The van der Waals surface area contributed by atoms with E-state index in [0.29, 0.717) is 29.4 Å². The summed E-state index contributed by atoms with van der Waals surface area (Å²) >= 11 is 0. The minimum Gasteiger partial charge on any atom is -0.478 e. The van der Waals surface area contributed by atoms with E-state index in [0.717, 1.165) is 0 Å². The van der Waals surface area contributed by atoms with Crippen LogP contribution in [-0.2, 0) is 6.54 Å². The summed E-state index contributed by atoms with van der Waals surface area (Å²) in [7, 11) is 0. The van der Waals surface area contributed by atoms with Gasteiger partial charge in [-0.15, -0.1) is 0 Å². The summed E-state index contributed by atoms with van der Waals surface area (Å²) < 4.78 is 4.92. The lowest BCUT2D eigenvalue weighted by Gasteiger charge is -2.08. The van der Waals surface area contributed by atoms with E-state index in [9.17, 15) is 4.79 Å². The van der Waals surface area contributed by atoms with E-state index in [1.807, 2.05) is 0 Å². The normalized spacial score (nSPS) is 10.3. The van der Waals surface area contributed by atoms with Crippen molar-refractivity contribution in [1.82, 2.24) is 5.16 Å². The minimum absolute atomic E-state index is 0.134. The number of carboxylic acids is 1. The molecule has 1 aromatic carbocycles. The van der Waals surface area contributed by atoms with Crippen LogP contribution in [0.2, 0.25) is 0 Å². The van der Waals surface area contributed by atoms with Crippen LogP contribution in [-0.4, -0.2) is 16.2 Å². The Kier molecular flexibility index (Phi) is 3.18. The number of rotatable bonds is 4. The number of nitrogen functional groups attached to an aromatic ring is 1. The number of carboxylic acid groups (broad SMARTS) is 1. The topological polar surface area (TPSA) is 101 Å². The SMILES string of the molecule is Cc1cc(CNc2ccc(N)cc2C(=O)O)no1. The number of aromatic carboxylic acids is 1. The quantitative estimate of drug-likeness (QED) is 0.713. The highest BCUT2D eigenvalue weighted by Gasteiger charge is 2.10. The Morgan fingerprint density at radius 1 is 1.50 bits per heavy atom. The predicted octanol–water partition coefficient (Wildman–Crippen LogP) is 1.88. The van der Waals surface area contributed by atoms with Crippen molar-refractivity contribution in [2.45, 2.75) is 13.5 Å². The molecule has 0 radical (unpaired) electrons. The van der Waals surface area contributed by atoms with Gasteiger partial charge in [-0.05, 0) is 25.1 Å². The van der Waals surface area contributed by atoms with Gasteiger partial charge in [0, 0.05) is 17.4 Å². The summed E-state index contributed by atoms with van der Waals surface area (Å²) in [6.45, 7) is 2.18. The smallest absolute Gasteiger partial charge is 0.337 e. The molecule has 0 aliphatic rings. The van der Waals surface area contributed by atoms with Gasteiger partial charge in [0.05, 0.1) is 12.1 Å². The number of anilines is 2. The first-order valence-electron chi connectivity index (χ1n) is 5.35. The number of benzene rings is 1. The summed E-state index contributed by atoms with van der Waals surface area (Å²) in [5.41, 5.74) is 7.31. The number of carbonyl (C=O) groups is 1. The second-order valence-corrected chi connectivity index (χ2v) is 3.89. The predicted molar refractivity (Wildman–Crippen MR) is 66.4 cm³/mol. The van der Waals surface area contributed by atoms with Crippen LogP contribution in [0.1, 0.15) is 21.8 Å². The molecule has 0 spiro atoms. The molecule has 0 saturated heterocycles. The number of hydrogen-bond donors (Lipinski definition) is 3. The molecular weight excluding hydrogens is 234 g/mol. The van der Waals surface area contributed by atoms with Crippen molar-refractivity contribution in [3.05, 3.63) is 41.3 Å². The summed E-state index contributed by atoms with van der Waals surface area (Å²) in [5, 5.41) is 15.9. The standard InChI is InChI=1S/C12H13N3O3/c1-7-4-9(15-18-7)6-14-11-3-2-8(13)5-10(11)12(16)17/h2-5,14H,6,13H2,1H3,(H,16,17). The van der Waals surface area contributed by atoms with Crippen LogP contribution in [0, 0.1) is 6.92 Å². The lowest BCUT2D eigenvalue weighted by atomic mass is 10.1. The highest BCUT2D eigenvalue weighted by atomic mass is 16.5. The van der Waals surface area contributed by atoms with E-state index in [1.54, 1.807) is 25.1 Å². The van der Waals surface area contributed by atoms with E-state index in [4.69, 9.17) is 15.4 Å². The van der Waals surface area contributed by atoms with E-state index in [-0.39, 0.29) is 5.56 Å². The molecular formula is C12H13N3O3. The van der Waals surface area contributed by atoms with Crippen LogP contribution in [0.15, 0.2) is 28.8 Å². The molecule has 2 rings (SSSR count). The Morgan fingerprint density at radius 2 is 2.28 bits per heavy atom. The molecule has 0 aliphatic carbocycles. The van der Waals surface area contributed by atoms with Crippen LogP contribution in [0.3, 0.4) is 0 Å². The maximum atomic E-state index is 11.1. The van der Waals surface area contributed by atoms with E-state index in [1.165, 1.54) is 6.07 Å². The first kappa shape index (κ1) is 12.0. The molecule has 2 aromatic rings. The molecule has 0 unspecified atom stereocenters. The first-order valence-corrected chi connectivity index (χ1v) is 5.35. The van der Waals surface area contributed by atoms with Crippen molar-refractivity contribution in [3.8, 4) is 0 Å². The van der Waals surface area contributed by atoms with Crippen molar-refractivity contribution in [2.75, 3.05) is 11.1 Å². The molecule has 4 N–H and O–H groups in total. The second kappa shape index (κ2) is 4.79. The van der Waals surface area contributed by atoms with Gasteiger partial charge in [0.2, 0.25) is 0 Å². The third-order valence-electron chi connectivity index (χ3n) is 2.41.